The van der Waals surface area contributed by atoms with Gasteiger partial charge in [0.05, 0.1) is 5.52 Å². The van der Waals surface area contributed by atoms with E-state index in [4.69, 9.17) is 5.73 Å². The predicted molar refractivity (Wildman–Crippen MR) is 86.7 cm³/mol. The Labute approximate surface area is 133 Å². The van der Waals surface area contributed by atoms with E-state index in [-0.39, 0.29) is 0 Å². The summed E-state index contributed by atoms with van der Waals surface area (Å²) < 4.78 is 0. The summed E-state index contributed by atoms with van der Waals surface area (Å²) in [6.45, 7) is 3.78. The van der Waals surface area contributed by atoms with Crippen molar-refractivity contribution in [3.05, 3.63) is 42.7 Å². The van der Waals surface area contributed by atoms with Gasteiger partial charge in [-0.05, 0) is 18.2 Å². The van der Waals surface area contributed by atoms with Gasteiger partial charge in [0.1, 0.15) is 32.0 Å². The molecule has 23 heavy (non-hydrogen) atoms. The monoisotopic (exact) mass is 309 g/mol. The zero-order chi connectivity index (χ0) is 15.6. The number of para-hydroxylation sites is 1. The molecule has 1 aliphatic rings. The van der Waals surface area contributed by atoms with E-state index in [1.54, 1.807) is 12.4 Å². The summed E-state index contributed by atoms with van der Waals surface area (Å²) in [4.78, 5) is 20.5. The minimum atomic E-state index is 0.555. The van der Waals surface area contributed by atoms with Crippen LogP contribution in [-0.2, 0) is 0 Å². The topological polar surface area (TPSA) is 86.5 Å². The highest BCUT2D eigenvalue weighted by Gasteiger charge is 2.29. The lowest BCUT2D eigenvalue weighted by atomic mass is 10.2. The van der Waals surface area contributed by atoms with E-state index in [1.165, 1.54) is 9.80 Å². The third kappa shape index (κ3) is 2.71. The van der Waals surface area contributed by atoms with Gasteiger partial charge in [-0.2, -0.15) is 19.9 Å². The lowest BCUT2D eigenvalue weighted by Crippen LogP contribution is -3.24. The number of hydrogen-bond donors (Lipinski definition) is 3. The highest BCUT2D eigenvalue weighted by molar-refractivity contribution is 5.88. The van der Waals surface area contributed by atoms with Crippen LogP contribution in [0.5, 0.6) is 0 Å². The summed E-state index contributed by atoms with van der Waals surface area (Å²) in [6, 6.07) is 9.71. The van der Waals surface area contributed by atoms with Crippen molar-refractivity contribution in [1.82, 2.24) is 19.9 Å². The average molecular weight is 309 g/mol. The molecule has 1 saturated heterocycles. The van der Waals surface area contributed by atoms with Crippen LogP contribution in [-0.4, -0.2) is 46.1 Å². The van der Waals surface area contributed by atoms with E-state index in [9.17, 15) is 0 Å². The number of anilines is 1. The number of rotatable bonds is 2. The van der Waals surface area contributed by atoms with Gasteiger partial charge < -0.3 is 5.73 Å². The quantitative estimate of drug-likeness (QED) is 0.551. The molecule has 4 rings (SSSR count). The second-order valence-electron chi connectivity index (χ2n) is 5.73. The lowest BCUT2D eigenvalue weighted by Gasteiger charge is -2.26. The number of nitrogens with zero attached hydrogens (tertiary/aromatic N) is 4. The summed E-state index contributed by atoms with van der Waals surface area (Å²) in [5.41, 5.74) is 7.00. The Hall–Kier alpha value is -2.64. The zero-order valence-electron chi connectivity index (χ0n) is 12.7. The first-order chi connectivity index (χ1) is 11.3. The molecule has 1 fully saturated rings. The number of benzene rings is 1. The smallest absolute Gasteiger partial charge is 0.330 e. The Balaban J connectivity index is 1.54. The van der Waals surface area contributed by atoms with Crippen molar-refractivity contribution in [1.29, 1.82) is 0 Å². The van der Waals surface area contributed by atoms with Crippen molar-refractivity contribution in [2.75, 3.05) is 31.9 Å². The van der Waals surface area contributed by atoms with Gasteiger partial charge in [0.2, 0.25) is 0 Å². The predicted octanol–water partition coefficient (Wildman–Crippen LogP) is -1.25. The fourth-order valence-electron chi connectivity index (χ4n) is 3.04. The molecule has 0 atom stereocenters. The Kier molecular flexibility index (Phi) is 3.57. The Morgan fingerprint density at radius 3 is 2.17 bits per heavy atom. The van der Waals surface area contributed by atoms with E-state index in [2.05, 4.69) is 19.9 Å². The number of quaternary nitrogens is 2. The average Bonchev–Trinajstić information content (AvgIpc) is 2.63. The van der Waals surface area contributed by atoms with Crippen LogP contribution in [0.3, 0.4) is 0 Å². The molecule has 0 unspecified atom stereocenters. The molecule has 1 aliphatic heterocycles. The van der Waals surface area contributed by atoms with Crippen molar-refractivity contribution in [2.45, 2.75) is 0 Å². The summed E-state index contributed by atoms with van der Waals surface area (Å²) in [7, 11) is 0. The Morgan fingerprint density at radius 1 is 0.783 bits per heavy atom. The molecule has 7 heteroatoms. The molecule has 0 amide bonds. The van der Waals surface area contributed by atoms with Crippen LogP contribution in [0.4, 0.5) is 17.7 Å². The molecule has 0 bridgehead atoms. The van der Waals surface area contributed by atoms with Crippen LogP contribution in [0.15, 0.2) is 42.7 Å². The first kappa shape index (κ1) is 14.0. The summed E-state index contributed by atoms with van der Waals surface area (Å²) >= 11 is 0. The van der Waals surface area contributed by atoms with Crippen molar-refractivity contribution in [2.24, 2.45) is 0 Å². The van der Waals surface area contributed by atoms with Crippen molar-refractivity contribution >= 4 is 28.6 Å². The maximum atomic E-state index is 6.09. The Morgan fingerprint density at radius 2 is 1.43 bits per heavy atom. The molecule has 3 heterocycles. The molecule has 7 nitrogen and oxygen atoms in total. The molecular weight excluding hydrogens is 290 g/mol. The maximum Gasteiger partial charge on any atom is 0.330 e. The number of hydrogen-bond acceptors (Lipinski definition) is 5. The van der Waals surface area contributed by atoms with Crippen molar-refractivity contribution in [3.8, 4) is 0 Å². The number of nitrogens with two attached hydrogens (primary N) is 1. The minimum absolute atomic E-state index is 0.555. The molecular formula is C16H19N7+2. The number of aromatic nitrogens is 4. The van der Waals surface area contributed by atoms with Crippen LogP contribution in [0.25, 0.3) is 10.9 Å². The van der Waals surface area contributed by atoms with Gasteiger partial charge >= 0.3 is 11.9 Å². The highest BCUT2D eigenvalue weighted by atomic mass is 15.4. The standard InChI is InChI=1S/C16H17N7/c17-14-12-4-1-2-5-13(12)20-16(21-14)23-10-8-22(9-11-23)15-18-6-3-7-19-15/h1-7H,8-11H2,(H2,17,20,21)/p+2. The Bertz CT molecular complexity index is 813. The normalized spacial score (nSPS) is 21.4. The van der Waals surface area contributed by atoms with E-state index < -0.39 is 0 Å². The number of piperazine rings is 1. The third-order valence-electron chi connectivity index (χ3n) is 4.29. The number of nitrogens with one attached hydrogen (secondary N) is 2. The van der Waals surface area contributed by atoms with E-state index in [1.807, 2.05) is 30.3 Å². The summed E-state index contributed by atoms with van der Waals surface area (Å²) in [5.74, 6) is 2.21. The summed E-state index contributed by atoms with van der Waals surface area (Å²) in [5, 5.41) is 0.914. The van der Waals surface area contributed by atoms with Crippen LogP contribution < -0.4 is 15.5 Å². The van der Waals surface area contributed by atoms with Gasteiger partial charge in [0.15, 0.2) is 0 Å². The van der Waals surface area contributed by atoms with Crippen molar-refractivity contribution < 1.29 is 9.80 Å². The van der Waals surface area contributed by atoms with Gasteiger partial charge in [0, 0.05) is 17.8 Å². The molecule has 1 aromatic carbocycles. The van der Waals surface area contributed by atoms with Gasteiger partial charge in [-0.25, -0.2) is 0 Å². The SMILES string of the molecule is Nc1nc([NH+]2CC[NH+](c3ncccn3)CC2)nc2ccccc12. The fraction of sp³-hybridized carbons (Fsp3) is 0.250. The van der Waals surface area contributed by atoms with Crippen LogP contribution in [0, 0.1) is 0 Å². The molecule has 4 N–H and O–H groups in total. The third-order valence-corrected chi connectivity index (χ3v) is 4.29. The minimum Gasteiger partial charge on any atom is -0.383 e. The van der Waals surface area contributed by atoms with E-state index in [0.29, 0.717) is 5.82 Å². The van der Waals surface area contributed by atoms with Crippen LogP contribution in [0.2, 0.25) is 0 Å². The second kappa shape index (κ2) is 5.86. The first-order valence-corrected chi connectivity index (χ1v) is 7.80. The lowest BCUT2D eigenvalue weighted by molar-refractivity contribution is -0.956. The van der Waals surface area contributed by atoms with Gasteiger partial charge in [-0.1, -0.05) is 12.1 Å². The van der Waals surface area contributed by atoms with Crippen molar-refractivity contribution in [3.63, 3.8) is 0 Å². The first-order valence-electron chi connectivity index (χ1n) is 7.80. The number of fused-ring (bicyclic) bond motifs is 1. The fourth-order valence-corrected chi connectivity index (χ4v) is 3.04. The number of nitrogen functional groups attached to an aromatic ring is 1. The van der Waals surface area contributed by atoms with E-state index in [0.717, 1.165) is 49.0 Å². The molecule has 0 saturated carbocycles. The molecule has 0 spiro atoms. The largest absolute Gasteiger partial charge is 0.383 e. The van der Waals surface area contributed by atoms with Gasteiger partial charge in [-0.3, -0.25) is 9.80 Å². The van der Waals surface area contributed by atoms with Gasteiger partial charge in [-0.15, -0.1) is 0 Å². The second-order valence-corrected chi connectivity index (χ2v) is 5.73. The molecule has 2 aromatic heterocycles. The molecule has 116 valence electrons. The van der Waals surface area contributed by atoms with Gasteiger partial charge in [0.25, 0.3) is 0 Å². The summed E-state index contributed by atoms with van der Waals surface area (Å²) in [6.07, 6.45) is 3.59. The van der Waals surface area contributed by atoms with E-state index >= 15 is 0 Å². The molecule has 0 aliphatic carbocycles. The van der Waals surface area contributed by atoms with Crippen LogP contribution in [0.1, 0.15) is 0 Å². The maximum absolute atomic E-state index is 6.09. The molecule has 3 aromatic rings. The zero-order valence-corrected chi connectivity index (χ0v) is 12.7. The van der Waals surface area contributed by atoms with Crippen LogP contribution >= 0.6 is 0 Å². The highest BCUT2D eigenvalue weighted by Crippen LogP contribution is 2.17. The molecule has 0 radical (unpaired) electrons.